The minimum Gasteiger partial charge on any atom is -0.394 e. The third-order valence-corrected chi connectivity index (χ3v) is 18.1. The number of nitrogens with one attached hydrogen (secondary N) is 1. The maximum atomic E-state index is 13.4. The molecule has 0 aromatic carbocycles. The van der Waals surface area contributed by atoms with Crippen LogP contribution in [0.15, 0.2) is 12.2 Å². The first-order chi connectivity index (χ1) is 39.3. The zero-order valence-corrected chi connectivity index (χ0v) is 50.8. The minimum atomic E-state index is -1.84. The molecule has 0 spiro atoms. The smallest absolute Gasteiger partial charge is 0.220 e. The first-order valence-corrected chi connectivity index (χ1v) is 33.4. The highest BCUT2D eigenvalue weighted by atomic mass is 32.2. The Labute approximate surface area is 491 Å². The van der Waals surface area contributed by atoms with Crippen LogP contribution in [-0.2, 0) is 28.5 Å². The molecule has 17 atom stereocenters. The van der Waals surface area contributed by atoms with Gasteiger partial charge in [0.05, 0.1) is 49.9 Å². The largest absolute Gasteiger partial charge is 0.394 e. The number of carbonyl (C=O) groups is 1. The van der Waals surface area contributed by atoms with Crippen molar-refractivity contribution >= 4 is 17.7 Å². The summed E-state index contributed by atoms with van der Waals surface area (Å²) in [7, 11) is 0. The van der Waals surface area contributed by atoms with Crippen LogP contribution in [0, 0.1) is 0 Å². The van der Waals surface area contributed by atoms with Crippen molar-refractivity contribution in [3.63, 3.8) is 0 Å². The van der Waals surface area contributed by atoms with Gasteiger partial charge < -0.3 is 85.2 Å². The lowest BCUT2D eigenvalue weighted by Gasteiger charge is -2.48. The van der Waals surface area contributed by atoms with E-state index < -0.39 is 122 Å². The van der Waals surface area contributed by atoms with Gasteiger partial charge in [-0.05, 0) is 19.3 Å². The number of allylic oxidation sites excluding steroid dienone is 1. The van der Waals surface area contributed by atoms with Crippen molar-refractivity contribution in [2.24, 2.45) is 0 Å². The van der Waals surface area contributed by atoms with Crippen LogP contribution in [0.3, 0.4) is 0 Å². The zero-order valence-electron chi connectivity index (χ0n) is 50.0. The van der Waals surface area contributed by atoms with E-state index >= 15 is 0 Å². The number of aliphatic hydroxyl groups excluding tert-OH is 11. The summed E-state index contributed by atoms with van der Waals surface area (Å²) in [6.45, 7) is 1.89. The van der Waals surface area contributed by atoms with Gasteiger partial charge in [-0.1, -0.05) is 231 Å². The molecule has 0 radical (unpaired) electrons. The standard InChI is InChI=1S/C62H117NO17S/c1-3-5-7-9-11-13-15-17-18-19-20-21-22-23-24-25-26-28-30-32-34-36-38-40-50(68)63-45(46(67)39-37-35-33-31-29-27-16-14-12-10-8-6-4-2)44-76-60-55(73)54(72)58(49(43-66)78-60)80-61-57(75)59(52(70)48(42-65)77-61)81-62-56(74)53(71)51(69)47(41-64)79-62/h37,39,45-49,51-62,64-67,69-75H,3-36,38,40-44H2,1-2H3,(H,63,68)/b39-37+/t45-,46+,47+,48+,49+,51-,52-,53-,54+,55+,56+,57+,58+,59-,60+,61-,62+/m0/s1. The number of aliphatic hydroxyl groups is 11. The number of hydrogen-bond donors (Lipinski definition) is 12. The monoisotopic (exact) mass is 1180 g/mol. The van der Waals surface area contributed by atoms with E-state index in [2.05, 4.69) is 19.2 Å². The van der Waals surface area contributed by atoms with Gasteiger partial charge in [-0.25, -0.2) is 0 Å². The van der Waals surface area contributed by atoms with E-state index in [1.807, 2.05) is 6.08 Å². The molecule has 3 fully saturated rings. The number of rotatable bonds is 49. The molecule has 81 heavy (non-hydrogen) atoms. The van der Waals surface area contributed by atoms with Gasteiger partial charge in [0.15, 0.2) is 12.6 Å². The summed E-state index contributed by atoms with van der Waals surface area (Å²) in [6.07, 6.45) is 25.1. The number of amides is 1. The molecular formula is C62H117NO17S. The fourth-order valence-corrected chi connectivity index (χ4v) is 12.7. The van der Waals surface area contributed by atoms with E-state index in [0.29, 0.717) is 18.2 Å². The van der Waals surface area contributed by atoms with Crippen LogP contribution in [0.5, 0.6) is 0 Å². The molecule has 3 aliphatic rings. The second-order valence-corrected chi connectivity index (χ2v) is 24.9. The van der Waals surface area contributed by atoms with Crippen LogP contribution in [-0.4, -0.2) is 191 Å². The van der Waals surface area contributed by atoms with Crippen LogP contribution in [0.1, 0.15) is 245 Å². The van der Waals surface area contributed by atoms with Crippen LogP contribution >= 0.6 is 11.8 Å². The van der Waals surface area contributed by atoms with Crippen molar-refractivity contribution < 1.29 is 84.7 Å². The molecule has 3 aliphatic heterocycles. The van der Waals surface area contributed by atoms with Gasteiger partial charge in [0.25, 0.3) is 0 Å². The van der Waals surface area contributed by atoms with Crippen LogP contribution < -0.4 is 5.32 Å². The van der Waals surface area contributed by atoms with Crippen molar-refractivity contribution in [1.29, 1.82) is 0 Å². The summed E-state index contributed by atoms with van der Waals surface area (Å²) in [6, 6.07) is -0.962. The van der Waals surface area contributed by atoms with Gasteiger partial charge in [-0.15, -0.1) is 11.8 Å². The van der Waals surface area contributed by atoms with E-state index in [9.17, 15) is 61.0 Å². The van der Waals surface area contributed by atoms with E-state index in [1.165, 1.54) is 173 Å². The maximum Gasteiger partial charge on any atom is 0.220 e. The second-order valence-electron chi connectivity index (χ2n) is 23.6. The molecule has 0 bridgehead atoms. The Hall–Kier alpha value is -1.08. The predicted molar refractivity (Wildman–Crippen MR) is 316 cm³/mol. The van der Waals surface area contributed by atoms with Gasteiger partial charge in [-0.3, -0.25) is 4.79 Å². The normalized spacial score (nSPS) is 29.8. The predicted octanol–water partition coefficient (Wildman–Crippen LogP) is 7.65. The van der Waals surface area contributed by atoms with Crippen molar-refractivity contribution in [1.82, 2.24) is 5.32 Å². The third-order valence-electron chi connectivity index (χ3n) is 16.6. The Bertz CT molecular complexity index is 1540. The van der Waals surface area contributed by atoms with Crippen LogP contribution in [0.25, 0.3) is 0 Å². The summed E-state index contributed by atoms with van der Waals surface area (Å²) in [5.41, 5.74) is -1.39. The number of ether oxygens (including phenoxy) is 5. The van der Waals surface area contributed by atoms with E-state index in [-0.39, 0.29) is 18.9 Å². The molecule has 0 aliphatic carbocycles. The molecule has 3 saturated heterocycles. The van der Waals surface area contributed by atoms with Gasteiger partial charge in [0, 0.05) is 6.42 Å². The number of hydrogen-bond acceptors (Lipinski definition) is 18. The molecule has 0 aromatic rings. The van der Waals surface area contributed by atoms with E-state index in [0.717, 1.165) is 44.9 Å². The Morgan fingerprint density at radius 2 is 0.901 bits per heavy atom. The Kier molecular flexibility index (Phi) is 42.2. The average Bonchev–Trinajstić information content (AvgIpc) is 3.46. The first-order valence-electron chi connectivity index (χ1n) is 32.4. The summed E-state index contributed by atoms with van der Waals surface area (Å²) in [5.74, 6) is -0.267. The molecule has 0 aromatic heterocycles. The quantitative estimate of drug-likeness (QED) is 0.0206. The summed E-state index contributed by atoms with van der Waals surface area (Å²) in [4.78, 5) is 13.4. The molecule has 0 unspecified atom stereocenters. The summed E-state index contributed by atoms with van der Waals surface area (Å²) < 4.78 is 29.0. The highest BCUT2D eigenvalue weighted by Gasteiger charge is 2.53. The lowest BCUT2D eigenvalue weighted by Crippen LogP contribution is -2.65. The van der Waals surface area contributed by atoms with Crippen molar-refractivity contribution in [3.05, 3.63) is 12.2 Å². The van der Waals surface area contributed by atoms with Gasteiger partial charge >= 0.3 is 0 Å². The fraction of sp³-hybridized carbons (Fsp3) is 0.952. The lowest BCUT2D eigenvalue weighted by atomic mass is 9.98. The highest BCUT2D eigenvalue weighted by Crippen LogP contribution is 2.39. The second kappa shape index (κ2) is 46.1. The topological polar surface area (TPSA) is 298 Å². The van der Waals surface area contributed by atoms with Crippen molar-refractivity contribution in [3.8, 4) is 0 Å². The molecule has 19 heteroatoms. The highest BCUT2D eigenvalue weighted by molar-refractivity contribution is 8.00. The Morgan fingerprint density at radius 1 is 0.481 bits per heavy atom. The van der Waals surface area contributed by atoms with E-state index in [1.54, 1.807) is 6.08 Å². The van der Waals surface area contributed by atoms with Crippen LogP contribution in [0.2, 0.25) is 0 Å². The molecule has 12 N–H and O–H groups in total. The van der Waals surface area contributed by atoms with Gasteiger partial charge in [-0.2, -0.15) is 0 Å². The van der Waals surface area contributed by atoms with E-state index in [4.69, 9.17) is 23.7 Å². The molecule has 1 amide bonds. The Morgan fingerprint density at radius 3 is 1.36 bits per heavy atom. The Balaban J connectivity index is 1.46. The van der Waals surface area contributed by atoms with Crippen molar-refractivity contribution in [2.75, 3.05) is 26.4 Å². The lowest BCUT2D eigenvalue weighted by molar-refractivity contribution is -0.349. The van der Waals surface area contributed by atoms with Crippen LogP contribution in [0.4, 0.5) is 0 Å². The number of unbranched alkanes of at least 4 members (excludes halogenated alkanes) is 33. The number of thioether (sulfide) groups is 1. The molecule has 478 valence electrons. The van der Waals surface area contributed by atoms with Gasteiger partial charge in [0.1, 0.15) is 66.5 Å². The average molecular weight is 1180 g/mol. The SMILES string of the molecule is CCCCCCCCCCCCC/C=C/[C@@H](O)[C@H](CO[C@@H]1O[C@H](CO)[C@@H](O[C@@H]2O[C@H](CO)[C@H](O)[C@H](S[C@H]3O[C@H](CO)[C@H](O)[C@H](O)[C@H]3O)[C@H]2O)[C@H](O)[C@H]1O)NC(=O)CCCCCCCCCCCCCCCCCCCCCCCCC. The summed E-state index contributed by atoms with van der Waals surface area (Å²) >= 11 is 0.634. The zero-order chi connectivity index (χ0) is 59.0. The minimum absolute atomic E-state index is 0.253. The maximum absolute atomic E-state index is 13.4. The molecule has 3 heterocycles. The third kappa shape index (κ3) is 29.4. The number of carbonyl (C=O) groups excluding carboxylic acids is 1. The fourth-order valence-electron chi connectivity index (χ4n) is 11.2. The van der Waals surface area contributed by atoms with Crippen molar-refractivity contribution in [2.45, 2.75) is 348 Å². The molecular weight excluding hydrogens is 1060 g/mol. The molecule has 3 rings (SSSR count). The first kappa shape index (κ1) is 74.2. The van der Waals surface area contributed by atoms with Gasteiger partial charge in [0.2, 0.25) is 5.91 Å². The molecule has 18 nitrogen and oxygen atoms in total. The summed E-state index contributed by atoms with van der Waals surface area (Å²) in [5, 5.41) is 120. The molecule has 0 saturated carbocycles.